The van der Waals surface area contributed by atoms with E-state index in [4.69, 9.17) is 23.7 Å². The van der Waals surface area contributed by atoms with Crippen LogP contribution >= 0.6 is 0 Å². The van der Waals surface area contributed by atoms with Crippen LogP contribution in [-0.2, 0) is 14.3 Å². The van der Waals surface area contributed by atoms with E-state index in [1.807, 2.05) is 30.3 Å². The summed E-state index contributed by atoms with van der Waals surface area (Å²) in [6.07, 6.45) is -0.591. The Bertz CT molecular complexity index is 1090. The van der Waals surface area contributed by atoms with Crippen LogP contribution in [0, 0.1) is 0 Å². The highest BCUT2D eigenvalue weighted by Gasteiger charge is 2.19. The summed E-state index contributed by atoms with van der Waals surface area (Å²) in [6, 6.07) is 17.1. The van der Waals surface area contributed by atoms with Crippen molar-refractivity contribution in [3.05, 3.63) is 71.8 Å². The first kappa shape index (κ1) is 24.5. The van der Waals surface area contributed by atoms with E-state index in [1.165, 1.54) is 27.4 Å². The lowest BCUT2D eigenvalue weighted by molar-refractivity contribution is -0.150. The monoisotopic (exact) mass is 467 g/mol. The molecule has 0 saturated carbocycles. The van der Waals surface area contributed by atoms with Gasteiger partial charge in [-0.2, -0.15) is 9.97 Å². The van der Waals surface area contributed by atoms with Gasteiger partial charge in [0.05, 0.1) is 32.5 Å². The number of carbonyl (C=O) groups is 2. The normalized spacial score (nSPS) is 11.3. The average Bonchev–Trinajstić information content (AvgIpc) is 2.87. The van der Waals surface area contributed by atoms with Gasteiger partial charge in [0.1, 0.15) is 12.3 Å². The van der Waals surface area contributed by atoms with Gasteiger partial charge in [-0.25, -0.2) is 0 Å². The molecule has 0 aliphatic rings. The van der Waals surface area contributed by atoms with Crippen molar-refractivity contribution in [1.29, 1.82) is 0 Å². The van der Waals surface area contributed by atoms with E-state index in [1.54, 1.807) is 24.3 Å². The maximum absolute atomic E-state index is 12.8. The average molecular weight is 467 g/mol. The zero-order chi connectivity index (χ0) is 24.3. The van der Waals surface area contributed by atoms with Gasteiger partial charge in [0.2, 0.25) is 11.8 Å². The summed E-state index contributed by atoms with van der Waals surface area (Å²) >= 11 is 0. The number of ether oxygens (including phenoxy) is 5. The van der Waals surface area contributed by atoms with Crippen LogP contribution in [0.5, 0.6) is 23.5 Å². The second kappa shape index (κ2) is 12.2. The SMILES string of the molecule is COCC(OC(=O)CNC(=O)c1ccccc1Oc1nc(OC)cc(OC)n1)c1ccccc1. The van der Waals surface area contributed by atoms with Crippen LogP contribution in [0.4, 0.5) is 0 Å². The molecular weight excluding hydrogens is 442 g/mol. The van der Waals surface area contributed by atoms with Gasteiger partial charge in [-0.05, 0) is 17.7 Å². The molecule has 0 saturated heterocycles. The van der Waals surface area contributed by atoms with E-state index in [-0.39, 0.29) is 42.2 Å². The Morgan fingerprint density at radius 2 is 1.56 bits per heavy atom. The molecule has 0 bridgehead atoms. The number of hydrogen-bond donors (Lipinski definition) is 1. The second-order valence-corrected chi connectivity index (χ2v) is 6.86. The summed E-state index contributed by atoms with van der Waals surface area (Å²) in [6.45, 7) is -0.159. The van der Waals surface area contributed by atoms with Gasteiger partial charge in [-0.15, -0.1) is 0 Å². The smallest absolute Gasteiger partial charge is 0.328 e. The van der Waals surface area contributed by atoms with Gasteiger partial charge in [0.25, 0.3) is 5.91 Å². The molecule has 0 fully saturated rings. The molecule has 10 nitrogen and oxygen atoms in total. The van der Waals surface area contributed by atoms with Crippen molar-refractivity contribution in [1.82, 2.24) is 15.3 Å². The van der Waals surface area contributed by atoms with E-state index >= 15 is 0 Å². The van der Waals surface area contributed by atoms with Crippen molar-refractivity contribution in [3.63, 3.8) is 0 Å². The summed E-state index contributed by atoms with van der Waals surface area (Å²) in [5.41, 5.74) is 0.966. The number of esters is 1. The maximum Gasteiger partial charge on any atom is 0.328 e. The number of aromatic nitrogens is 2. The van der Waals surface area contributed by atoms with Crippen LogP contribution in [0.1, 0.15) is 22.0 Å². The van der Waals surface area contributed by atoms with Gasteiger partial charge >= 0.3 is 12.0 Å². The third-order valence-corrected chi connectivity index (χ3v) is 4.57. The molecule has 3 rings (SSSR count). The highest BCUT2D eigenvalue weighted by atomic mass is 16.6. The number of nitrogens with one attached hydrogen (secondary N) is 1. The van der Waals surface area contributed by atoms with E-state index in [0.29, 0.717) is 0 Å². The summed E-state index contributed by atoms with van der Waals surface area (Å²) < 4.78 is 26.5. The number of rotatable bonds is 11. The molecule has 1 heterocycles. The fraction of sp³-hybridized carbons (Fsp3) is 0.250. The fourth-order valence-electron chi connectivity index (χ4n) is 2.95. The highest BCUT2D eigenvalue weighted by Crippen LogP contribution is 2.26. The van der Waals surface area contributed by atoms with Gasteiger partial charge in [-0.1, -0.05) is 42.5 Å². The van der Waals surface area contributed by atoms with Crippen molar-refractivity contribution in [2.45, 2.75) is 6.10 Å². The Kier molecular flexibility index (Phi) is 8.75. The molecule has 1 aromatic heterocycles. The zero-order valence-electron chi connectivity index (χ0n) is 19.0. The van der Waals surface area contributed by atoms with Crippen molar-refractivity contribution < 1.29 is 33.3 Å². The molecule has 1 N–H and O–H groups in total. The lowest BCUT2D eigenvalue weighted by atomic mass is 10.1. The Morgan fingerprint density at radius 3 is 2.21 bits per heavy atom. The molecule has 1 atom stereocenters. The maximum atomic E-state index is 12.8. The quantitative estimate of drug-likeness (QED) is 0.425. The Morgan fingerprint density at radius 1 is 0.912 bits per heavy atom. The Balaban J connectivity index is 1.66. The Labute approximate surface area is 196 Å². The van der Waals surface area contributed by atoms with Crippen LogP contribution in [0.2, 0.25) is 0 Å². The van der Waals surface area contributed by atoms with Crippen LogP contribution in [0.3, 0.4) is 0 Å². The minimum Gasteiger partial charge on any atom is -0.481 e. The predicted octanol–water partition coefficient (Wildman–Crippen LogP) is 2.95. The number of nitrogens with zero attached hydrogens (tertiary/aromatic N) is 2. The third-order valence-electron chi connectivity index (χ3n) is 4.57. The number of amides is 1. The molecule has 1 unspecified atom stereocenters. The zero-order valence-corrected chi connectivity index (χ0v) is 19.0. The van der Waals surface area contributed by atoms with Crippen molar-refractivity contribution in [2.24, 2.45) is 0 Å². The minimum atomic E-state index is -0.612. The first-order valence-electron chi connectivity index (χ1n) is 10.3. The minimum absolute atomic E-state index is 0.0684. The molecule has 3 aromatic rings. The molecule has 0 aliphatic carbocycles. The molecule has 0 aliphatic heterocycles. The van der Waals surface area contributed by atoms with Gasteiger partial charge in [-0.3, -0.25) is 9.59 Å². The molecule has 0 spiro atoms. The predicted molar refractivity (Wildman–Crippen MR) is 121 cm³/mol. The summed E-state index contributed by atoms with van der Waals surface area (Å²) in [5, 5.41) is 2.54. The van der Waals surface area contributed by atoms with E-state index < -0.39 is 18.0 Å². The fourth-order valence-corrected chi connectivity index (χ4v) is 2.95. The third kappa shape index (κ3) is 6.66. The molecule has 178 valence electrons. The van der Waals surface area contributed by atoms with Gasteiger partial charge in [0.15, 0.2) is 6.10 Å². The standard InChI is InChI=1S/C24H25N3O7/c1-30-15-19(16-9-5-4-6-10-16)33-22(28)14-25-23(29)17-11-7-8-12-18(17)34-24-26-20(31-2)13-21(27-24)32-3/h4-13,19H,14-15H2,1-3H3,(H,25,29). The summed E-state index contributed by atoms with van der Waals surface area (Å²) in [7, 11) is 4.41. The van der Waals surface area contributed by atoms with Gasteiger partial charge in [0, 0.05) is 7.11 Å². The summed E-state index contributed by atoms with van der Waals surface area (Å²) in [5.74, 6) is -0.500. The van der Waals surface area contributed by atoms with Crippen LogP contribution in [0.25, 0.3) is 0 Å². The molecule has 1 amide bonds. The first-order valence-corrected chi connectivity index (χ1v) is 10.3. The highest BCUT2D eigenvalue weighted by molar-refractivity contribution is 5.98. The Hall–Kier alpha value is -4.18. The van der Waals surface area contributed by atoms with Crippen molar-refractivity contribution in [2.75, 3.05) is 34.5 Å². The lowest BCUT2D eigenvalue weighted by Crippen LogP contribution is -2.32. The van der Waals surface area contributed by atoms with Crippen LogP contribution < -0.4 is 19.5 Å². The molecule has 2 aromatic carbocycles. The van der Waals surface area contributed by atoms with Crippen LogP contribution in [-0.4, -0.2) is 56.3 Å². The van der Waals surface area contributed by atoms with E-state index in [9.17, 15) is 9.59 Å². The molecule has 0 radical (unpaired) electrons. The lowest BCUT2D eigenvalue weighted by Gasteiger charge is -2.18. The molecule has 10 heteroatoms. The topological polar surface area (TPSA) is 118 Å². The van der Waals surface area contributed by atoms with Crippen LogP contribution in [0.15, 0.2) is 60.7 Å². The van der Waals surface area contributed by atoms with E-state index in [2.05, 4.69) is 15.3 Å². The molecular formula is C24H25N3O7. The second-order valence-electron chi connectivity index (χ2n) is 6.86. The number of para-hydroxylation sites is 1. The van der Waals surface area contributed by atoms with Crippen molar-refractivity contribution >= 4 is 11.9 Å². The van der Waals surface area contributed by atoms with Gasteiger partial charge < -0.3 is 29.0 Å². The number of carbonyl (C=O) groups excluding carboxylic acids is 2. The largest absolute Gasteiger partial charge is 0.481 e. The van der Waals surface area contributed by atoms with E-state index in [0.717, 1.165) is 5.56 Å². The molecule has 34 heavy (non-hydrogen) atoms. The number of hydrogen-bond acceptors (Lipinski definition) is 9. The number of methoxy groups -OCH3 is 3. The summed E-state index contributed by atoms with van der Waals surface area (Å²) in [4.78, 5) is 33.3. The number of benzene rings is 2. The van der Waals surface area contributed by atoms with Crippen molar-refractivity contribution in [3.8, 4) is 23.5 Å². The first-order chi connectivity index (χ1) is 16.5.